The van der Waals surface area contributed by atoms with Crippen LogP contribution in [-0.2, 0) is 11.3 Å². The average molecular weight is 346 g/mol. The Bertz CT molecular complexity index is 648. The topological polar surface area (TPSA) is 74.8 Å². The third-order valence-electron chi connectivity index (χ3n) is 4.54. The third kappa shape index (κ3) is 4.41. The van der Waals surface area contributed by atoms with Gasteiger partial charge in [0, 0.05) is 37.6 Å². The molecule has 0 bridgehead atoms. The maximum Gasteiger partial charge on any atom is 0.410 e. The molecule has 0 spiro atoms. The van der Waals surface area contributed by atoms with Gasteiger partial charge in [0.25, 0.3) is 0 Å². The molecule has 7 nitrogen and oxygen atoms in total. The minimum Gasteiger partial charge on any atom is -0.444 e. The van der Waals surface area contributed by atoms with Crippen molar-refractivity contribution in [1.29, 1.82) is 0 Å². The van der Waals surface area contributed by atoms with E-state index in [9.17, 15) is 9.59 Å². The van der Waals surface area contributed by atoms with E-state index in [1.54, 1.807) is 17.3 Å². The second-order valence-corrected chi connectivity index (χ2v) is 7.75. The Labute approximate surface area is 148 Å². The lowest BCUT2D eigenvalue weighted by molar-refractivity contribution is 0.0173. The van der Waals surface area contributed by atoms with Gasteiger partial charge in [0.15, 0.2) is 0 Å². The van der Waals surface area contributed by atoms with Crippen molar-refractivity contribution < 1.29 is 14.3 Å². The van der Waals surface area contributed by atoms with Crippen LogP contribution in [0.4, 0.5) is 15.3 Å². The van der Waals surface area contributed by atoms with Gasteiger partial charge in [-0.2, -0.15) is 0 Å². The molecule has 1 N–H and O–H groups in total. The summed E-state index contributed by atoms with van der Waals surface area (Å²) in [5.41, 5.74) is 1.41. The zero-order valence-electron chi connectivity index (χ0n) is 15.1. The summed E-state index contributed by atoms with van der Waals surface area (Å²) in [5.74, 6) is 0.391. The van der Waals surface area contributed by atoms with Crippen LogP contribution in [-0.4, -0.2) is 52.1 Å². The van der Waals surface area contributed by atoms with Crippen molar-refractivity contribution in [3.63, 3.8) is 0 Å². The molecule has 25 heavy (non-hydrogen) atoms. The maximum atomic E-state index is 12.3. The van der Waals surface area contributed by atoms with Crippen molar-refractivity contribution >= 4 is 17.8 Å². The van der Waals surface area contributed by atoms with Crippen LogP contribution in [0, 0.1) is 5.92 Å². The number of likely N-dealkylation sites (tertiary alicyclic amines) is 1. The number of carbonyl (C=O) groups is 2. The highest BCUT2D eigenvalue weighted by atomic mass is 16.6. The van der Waals surface area contributed by atoms with Gasteiger partial charge >= 0.3 is 12.1 Å². The molecule has 1 fully saturated rings. The fourth-order valence-corrected chi connectivity index (χ4v) is 3.23. The first-order valence-corrected chi connectivity index (χ1v) is 8.78. The standard InChI is InChI=1S/C18H26N4O3/c1-18(2,3)25-17(24)21-8-5-13(6-9-21)11-22-12-14-10-19-7-4-15(14)20-16(22)23/h4,7,10,13H,5-6,8-9,11-12H2,1-3H3,(H,20,23). The number of aromatic nitrogens is 1. The van der Waals surface area contributed by atoms with Gasteiger partial charge in [-0.1, -0.05) is 0 Å². The summed E-state index contributed by atoms with van der Waals surface area (Å²) in [6.07, 6.45) is 4.99. The number of carbonyl (C=O) groups excluding carboxylic acids is 2. The number of anilines is 1. The number of piperidine rings is 1. The van der Waals surface area contributed by atoms with E-state index in [1.807, 2.05) is 31.7 Å². The number of hydrogen-bond donors (Lipinski definition) is 1. The highest BCUT2D eigenvalue weighted by Crippen LogP contribution is 2.25. The van der Waals surface area contributed by atoms with Crippen LogP contribution in [0.3, 0.4) is 0 Å². The number of hydrogen-bond acceptors (Lipinski definition) is 4. The van der Waals surface area contributed by atoms with Crippen molar-refractivity contribution in [3.8, 4) is 0 Å². The highest BCUT2D eigenvalue weighted by molar-refractivity contribution is 5.92. The van der Waals surface area contributed by atoms with Crippen molar-refractivity contribution in [2.45, 2.75) is 45.8 Å². The molecule has 3 amide bonds. The van der Waals surface area contributed by atoms with Gasteiger partial charge in [-0.15, -0.1) is 0 Å². The Morgan fingerprint density at radius 1 is 1.36 bits per heavy atom. The van der Waals surface area contributed by atoms with E-state index in [-0.39, 0.29) is 12.1 Å². The Hall–Kier alpha value is -2.31. The molecule has 7 heteroatoms. The molecule has 0 aliphatic carbocycles. The summed E-state index contributed by atoms with van der Waals surface area (Å²) >= 11 is 0. The van der Waals surface area contributed by atoms with E-state index in [2.05, 4.69) is 10.3 Å². The highest BCUT2D eigenvalue weighted by Gasteiger charge is 2.30. The smallest absolute Gasteiger partial charge is 0.410 e. The molecule has 2 aliphatic rings. The molecule has 2 aliphatic heterocycles. The van der Waals surface area contributed by atoms with Crippen molar-refractivity contribution in [2.75, 3.05) is 25.0 Å². The number of ether oxygens (including phenoxy) is 1. The Balaban J connectivity index is 1.51. The second-order valence-electron chi connectivity index (χ2n) is 7.75. The third-order valence-corrected chi connectivity index (χ3v) is 4.54. The molecule has 136 valence electrons. The maximum absolute atomic E-state index is 12.3. The van der Waals surface area contributed by atoms with E-state index in [4.69, 9.17) is 4.74 Å². The molecule has 3 rings (SSSR count). The van der Waals surface area contributed by atoms with E-state index < -0.39 is 5.60 Å². The molecule has 0 saturated carbocycles. The van der Waals surface area contributed by atoms with E-state index in [0.29, 0.717) is 32.1 Å². The quantitative estimate of drug-likeness (QED) is 0.893. The number of nitrogens with one attached hydrogen (secondary N) is 1. The molecule has 0 unspecified atom stereocenters. The Morgan fingerprint density at radius 3 is 2.76 bits per heavy atom. The van der Waals surface area contributed by atoms with Crippen LogP contribution in [0.25, 0.3) is 0 Å². The van der Waals surface area contributed by atoms with Crippen LogP contribution < -0.4 is 5.32 Å². The largest absolute Gasteiger partial charge is 0.444 e. The summed E-state index contributed by atoms with van der Waals surface area (Å²) in [6.45, 7) is 8.25. The van der Waals surface area contributed by atoms with Gasteiger partial charge in [-0.3, -0.25) is 4.98 Å². The lowest BCUT2D eigenvalue weighted by Gasteiger charge is -2.37. The van der Waals surface area contributed by atoms with Crippen LogP contribution in [0.1, 0.15) is 39.2 Å². The number of pyridine rings is 1. The van der Waals surface area contributed by atoms with Gasteiger partial charge in [0.1, 0.15) is 5.60 Å². The molecule has 1 aromatic rings. The van der Waals surface area contributed by atoms with E-state index in [1.165, 1.54) is 0 Å². The average Bonchev–Trinajstić information content (AvgIpc) is 2.54. The second kappa shape index (κ2) is 6.90. The minimum atomic E-state index is -0.471. The molecule has 1 saturated heterocycles. The summed E-state index contributed by atoms with van der Waals surface area (Å²) in [5, 5.41) is 2.91. The van der Waals surface area contributed by atoms with Crippen molar-refractivity contribution in [3.05, 3.63) is 24.0 Å². The minimum absolute atomic E-state index is 0.0618. The SMILES string of the molecule is CC(C)(C)OC(=O)N1CCC(CN2Cc3cnccc3NC2=O)CC1. The zero-order valence-corrected chi connectivity index (χ0v) is 15.1. The molecule has 0 aromatic carbocycles. The lowest BCUT2D eigenvalue weighted by Crippen LogP contribution is -2.46. The van der Waals surface area contributed by atoms with Crippen LogP contribution >= 0.6 is 0 Å². The molecule has 0 atom stereocenters. The van der Waals surface area contributed by atoms with Gasteiger partial charge < -0.3 is 19.9 Å². The lowest BCUT2D eigenvalue weighted by atomic mass is 9.96. The Kier molecular flexibility index (Phi) is 4.83. The molecule has 3 heterocycles. The van der Waals surface area contributed by atoms with Crippen molar-refractivity contribution in [2.24, 2.45) is 5.92 Å². The zero-order chi connectivity index (χ0) is 18.0. The molecular formula is C18H26N4O3. The predicted octanol–water partition coefficient (Wildman–Crippen LogP) is 3.08. The first kappa shape index (κ1) is 17.5. The van der Waals surface area contributed by atoms with Gasteiger partial charge in [0.2, 0.25) is 0 Å². The van der Waals surface area contributed by atoms with Crippen molar-refractivity contribution in [1.82, 2.24) is 14.8 Å². The van der Waals surface area contributed by atoms with Crippen LogP contribution in [0.5, 0.6) is 0 Å². The summed E-state index contributed by atoms with van der Waals surface area (Å²) in [6, 6.07) is 1.76. The fraction of sp³-hybridized carbons (Fsp3) is 0.611. The number of urea groups is 1. The summed E-state index contributed by atoms with van der Waals surface area (Å²) in [4.78, 5) is 32.1. The number of fused-ring (bicyclic) bond motifs is 1. The van der Waals surface area contributed by atoms with E-state index >= 15 is 0 Å². The van der Waals surface area contributed by atoms with Gasteiger partial charge in [0.05, 0.1) is 12.2 Å². The normalized spacial score (nSPS) is 18.6. The molecular weight excluding hydrogens is 320 g/mol. The fourth-order valence-electron chi connectivity index (χ4n) is 3.23. The monoisotopic (exact) mass is 346 g/mol. The Morgan fingerprint density at radius 2 is 2.08 bits per heavy atom. The van der Waals surface area contributed by atoms with E-state index in [0.717, 1.165) is 24.1 Å². The van der Waals surface area contributed by atoms with Crippen LogP contribution in [0.2, 0.25) is 0 Å². The first-order chi connectivity index (χ1) is 11.8. The summed E-state index contributed by atoms with van der Waals surface area (Å²) < 4.78 is 5.42. The van der Waals surface area contributed by atoms with Crippen LogP contribution in [0.15, 0.2) is 18.5 Å². The summed E-state index contributed by atoms with van der Waals surface area (Å²) in [7, 11) is 0. The molecule has 0 radical (unpaired) electrons. The number of amides is 3. The molecule has 1 aromatic heterocycles. The van der Waals surface area contributed by atoms with Gasteiger partial charge in [-0.05, 0) is 45.6 Å². The van der Waals surface area contributed by atoms with Gasteiger partial charge in [-0.25, -0.2) is 9.59 Å². The predicted molar refractivity (Wildman–Crippen MR) is 94.2 cm³/mol. The number of nitrogens with zero attached hydrogens (tertiary/aromatic N) is 3. The number of rotatable bonds is 2. The first-order valence-electron chi connectivity index (χ1n) is 8.78.